The molecule has 0 bridgehead atoms. The van der Waals surface area contributed by atoms with E-state index >= 15 is 0 Å². The Morgan fingerprint density at radius 3 is 2.50 bits per heavy atom. The number of thioether (sulfide) groups is 1. The summed E-state index contributed by atoms with van der Waals surface area (Å²) in [4.78, 5) is 12.8. The van der Waals surface area contributed by atoms with E-state index in [2.05, 4.69) is 11.6 Å². The van der Waals surface area contributed by atoms with Crippen molar-refractivity contribution in [2.75, 3.05) is 12.8 Å². The van der Waals surface area contributed by atoms with E-state index in [-0.39, 0.29) is 11.3 Å². The molecule has 2 aliphatic carbocycles. The summed E-state index contributed by atoms with van der Waals surface area (Å²) in [5.41, 5.74) is 5.73. The van der Waals surface area contributed by atoms with Crippen molar-refractivity contribution >= 4 is 17.7 Å². The van der Waals surface area contributed by atoms with E-state index in [4.69, 9.17) is 5.73 Å². The van der Waals surface area contributed by atoms with Gasteiger partial charge in [0.15, 0.2) is 0 Å². The SMILES string of the molecule is CSC1CCCC(NC(=O)C2(CN)CCCCCC2)C1. The van der Waals surface area contributed by atoms with Crippen LogP contribution in [0.3, 0.4) is 0 Å². The molecule has 0 saturated heterocycles. The molecule has 0 aliphatic heterocycles. The Hall–Kier alpha value is -0.220. The normalized spacial score (nSPS) is 30.5. The molecule has 2 fully saturated rings. The first-order chi connectivity index (χ1) is 9.70. The number of amides is 1. The van der Waals surface area contributed by atoms with E-state index in [9.17, 15) is 4.79 Å². The molecule has 4 heteroatoms. The molecule has 3 N–H and O–H groups in total. The lowest BCUT2D eigenvalue weighted by molar-refractivity contribution is -0.132. The van der Waals surface area contributed by atoms with Crippen LogP contribution in [0.1, 0.15) is 64.2 Å². The lowest BCUT2D eigenvalue weighted by atomic mass is 9.79. The van der Waals surface area contributed by atoms with Crippen LogP contribution in [0.15, 0.2) is 0 Å². The summed E-state index contributed by atoms with van der Waals surface area (Å²) in [6, 6.07) is 0.375. The smallest absolute Gasteiger partial charge is 0.227 e. The predicted molar refractivity (Wildman–Crippen MR) is 86.9 cm³/mol. The minimum atomic E-state index is -0.275. The molecule has 0 aromatic rings. The van der Waals surface area contributed by atoms with Gasteiger partial charge in [-0.2, -0.15) is 11.8 Å². The van der Waals surface area contributed by atoms with E-state index in [1.54, 1.807) is 0 Å². The topological polar surface area (TPSA) is 55.1 Å². The maximum absolute atomic E-state index is 12.8. The van der Waals surface area contributed by atoms with Crippen LogP contribution in [0.5, 0.6) is 0 Å². The van der Waals surface area contributed by atoms with Crippen LogP contribution >= 0.6 is 11.8 Å². The van der Waals surface area contributed by atoms with E-state index in [0.29, 0.717) is 12.6 Å². The Morgan fingerprint density at radius 2 is 1.90 bits per heavy atom. The summed E-state index contributed by atoms with van der Waals surface area (Å²) in [6.45, 7) is 0.511. The van der Waals surface area contributed by atoms with Gasteiger partial charge in [-0.1, -0.05) is 32.1 Å². The molecular weight excluding hydrogens is 268 g/mol. The Kier molecular flexibility index (Phi) is 6.21. The van der Waals surface area contributed by atoms with Crippen LogP contribution in [0, 0.1) is 5.41 Å². The molecule has 20 heavy (non-hydrogen) atoms. The van der Waals surface area contributed by atoms with Gasteiger partial charge in [-0.05, 0) is 38.4 Å². The first-order valence-electron chi connectivity index (χ1n) is 8.24. The van der Waals surface area contributed by atoms with Crippen molar-refractivity contribution in [3.8, 4) is 0 Å². The highest BCUT2D eigenvalue weighted by Crippen LogP contribution is 2.35. The second-order valence-electron chi connectivity index (χ2n) is 6.59. The van der Waals surface area contributed by atoms with E-state index in [1.165, 1.54) is 25.7 Å². The minimum Gasteiger partial charge on any atom is -0.353 e. The van der Waals surface area contributed by atoms with Crippen molar-refractivity contribution in [2.24, 2.45) is 11.1 Å². The van der Waals surface area contributed by atoms with E-state index in [0.717, 1.165) is 43.8 Å². The molecule has 0 heterocycles. The van der Waals surface area contributed by atoms with Gasteiger partial charge in [0.05, 0.1) is 5.41 Å². The highest BCUT2D eigenvalue weighted by atomic mass is 32.2. The first kappa shape index (κ1) is 16.2. The number of carbonyl (C=O) groups excluding carboxylic acids is 1. The zero-order chi connectivity index (χ0) is 14.4. The lowest BCUT2D eigenvalue weighted by Gasteiger charge is -2.35. The largest absolute Gasteiger partial charge is 0.353 e. The Labute approximate surface area is 127 Å². The summed E-state index contributed by atoms with van der Waals surface area (Å²) in [6.07, 6.45) is 13.8. The van der Waals surface area contributed by atoms with Gasteiger partial charge in [0.1, 0.15) is 0 Å². The van der Waals surface area contributed by atoms with Gasteiger partial charge in [0.2, 0.25) is 5.91 Å². The molecule has 0 aromatic heterocycles. The standard InChI is InChI=1S/C16H30N2OS/c1-20-14-8-6-7-13(11-14)18-15(19)16(12-17)9-4-2-3-5-10-16/h13-14H,2-12,17H2,1H3,(H,18,19). The summed E-state index contributed by atoms with van der Waals surface area (Å²) in [5.74, 6) is 0.244. The van der Waals surface area contributed by atoms with Gasteiger partial charge < -0.3 is 11.1 Å². The molecule has 2 saturated carbocycles. The quantitative estimate of drug-likeness (QED) is 0.784. The van der Waals surface area contributed by atoms with Gasteiger partial charge in [-0.3, -0.25) is 4.79 Å². The molecule has 2 atom stereocenters. The Balaban J connectivity index is 1.94. The van der Waals surface area contributed by atoms with Crippen molar-refractivity contribution in [3.05, 3.63) is 0 Å². The maximum atomic E-state index is 12.8. The second kappa shape index (κ2) is 7.69. The number of hydrogen-bond acceptors (Lipinski definition) is 3. The Bertz CT molecular complexity index is 314. The highest BCUT2D eigenvalue weighted by Gasteiger charge is 2.38. The molecule has 3 nitrogen and oxygen atoms in total. The fourth-order valence-electron chi connectivity index (χ4n) is 3.76. The summed E-state index contributed by atoms with van der Waals surface area (Å²) in [7, 11) is 0. The monoisotopic (exact) mass is 298 g/mol. The van der Waals surface area contributed by atoms with E-state index in [1.807, 2.05) is 11.8 Å². The summed E-state index contributed by atoms with van der Waals surface area (Å²) in [5, 5.41) is 4.06. The fourth-order valence-corrected chi connectivity index (χ4v) is 4.58. The van der Waals surface area contributed by atoms with E-state index < -0.39 is 0 Å². The first-order valence-corrected chi connectivity index (χ1v) is 9.53. The molecule has 0 aromatic carbocycles. The van der Waals surface area contributed by atoms with Crippen molar-refractivity contribution in [1.29, 1.82) is 0 Å². The van der Waals surface area contributed by atoms with Crippen molar-refractivity contribution in [2.45, 2.75) is 75.5 Å². The Morgan fingerprint density at radius 1 is 1.20 bits per heavy atom. The number of rotatable bonds is 4. The van der Waals surface area contributed by atoms with Crippen LogP contribution in [-0.4, -0.2) is 30.0 Å². The molecular formula is C16H30N2OS. The van der Waals surface area contributed by atoms with Crippen LogP contribution in [-0.2, 0) is 4.79 Å². The van der Waals surface area contributed by atoms with Gasteiger partial charge in [-0.25, -0.2) is 0 Å². The predicted octanol–water partition coefficient (Wildman–Crippen LogP) is 3.08. The second-order valence-corrected chi connectivity index (χ2v) is 7.73. The molecule has 2 unspecified atom stereocenters. The molecule has 116 valence electrons. The van der Waals surface area contributed by atoms with Crippen molar-refractivity contribution < 1.29 is 4.79 Å². The zero-order valence-electron chi connectivity index (χ0n) is 12.8. The molecule has 0 spiro atoms. The zero-order valence-corrected chi connectivity index (χ0v) is 13.6. The van der Waals surface area contributed by atoms with Gasteiger partial charge in [-0.15, -0.1) is 0 Å². The number of carbonyl (C=O) groups is 1. The average Bonchev–Trinajstić information content (AvgIpc) is 2.74. The molecule has 2 rings (SSSR count). The fraction of sp³-hybridized carbons (Fsp3) is 0.938. The van der Waals surface area contributed by atoms with Gasteiger partial charge >= 0.3 is 0 Å². The molecule has 1 amide bonds. The third kappa shape index (κ3) is 3.91. The summed E-state index contributed by atoms with van der Waals surface area (Å²) >= 11 is 1.94. The van der Waals surface area contributed by atoms with Crippen molar-refractivity contribution in [1.82, 2.24) is 5.32 Å². The number of nitrogens with one attached hydrogen (secondary N) is 1. The lowest BCUT2D eigenvalue weighted by Crippen LogP contribution is -2.50. The average molecular weight is 298 g/mol. The maximum Gasteiger partial charge on any atom is 0.227 e. The van der Waals surface area contributed by atoms with Crippen LogP contribution in [0.25, 0.3) is 0 Å². The third-order valence-electron chi connectivity index (χ3n) is 5.23. The van der Waals surface area contributed by atoms with Gasteiger partial charge in [0, 0.05) is 17.8 Å². The third-order valence-corrected chi connectivity index (χ3v) is 6.32. The number of nitrogens with two attached hydrogens (primary N) is 1. The van der Waals surface area contributed by atoms with Crippen molar-refractivity contribution in [3.63, 3.8) is 0 Å². The minimum absolute atomic E-state index is 0.244. The van der Waals surface area contributed by atoms with Crippen LogP contribution in [0.2, 0.25) is 0 Å². The number of hydrogen-bond donors (Lipinski definition) is 2. The van der Waals surface area contributed by atoms with Gasteiger partial charge in [0.25, 0.3) is 0 Å². The van der Waals surface area contributed by atoms with Crippen LogP contribution < -0.4 is 11.1 Å². The molecule has 0 radical (unpaired) electrons. The summed E-state index contributed by atoms with van der Waals surface area (Å²) < 4.78 is 0. The highest BCUT2D eigenvalue weighted by molar-refractivity contribution is 7.99. The van der Waals surface area contributed by atoms with Crippen LogP contribution in [0.4, 0.5) is 0 Å². The molecule has 2 aliphatic rings.